The van der Waals surface area contributed by atoms with Gasteiger partial charge in [0, 0.05) is 35.7 Å². The van der Waals surface area contributed by atoms with Gasteiger partial charge in [-0.05, 0) is 36.3 Å². The Kier molecular flexibility index (Phi) is 3.95. The summed E-state index contributed by atoms with van der Waals surface area (Å²) in [6, 6.07) is 9.09. The number of rotatable bonds is 4. The van der Waals surface area contributed by atoms with Crippen LogP contribution in [-0.2, 0) is 11.2 Å². The van der Waals surface area contributed by atoms with Crippen molar-refractivity contribution in [2.45, 2.75) is 19.3 Å². The van der Waals surface area contributed by atoms with Gasteiger partial charge in [-0.25, -0.2) is 0 Å². The lowest BCUT2D eigenvalue weighted by molar-refractivity contribution is -0.130. The number of fused-ring (bicyclic) bond motifs is 1. The molecule has 3 aromatic rings. The Morgan fingerprint density at radius 3 is 2.85 bits per heavy atom. The normalized spacial score (nSPS) is 14.4. The van der Waals surface area contributed by atoms with E-state index in [0.29, 0.717) is 24.3 Å². The lowest BCUT2D eigenvalue weighted by Crippen LogP contribution is -2.48. The maximum atomic E-state index is 11.7. The van der Waals surface area contributed by atoms with Crippen molar-refractivity contribution in [1.82, 2.24) is 20.1 Å². The SMILES string of the molecule is C=CC(=O)N1CC(c2[nH]c3nnc(-c4ccccc4O)cc3c2CC)C1. The third-order valence-corrected chi connectivity index (χ3v) is 5.01. The molecule has 0 saturated carbocycles. The number of amides is 1. The molecule has 4 rings (SSSR count). The number of aromatic nitrogens is 3. The van der Waals surface area contributed by atoms with Crippen LogP contribution in [0.2, 0.25) is 0 Å². The third kappa shape index (κ3) is 2.54. The van der Waals surface area contributed by atoms with E-state index >= 15 is 0 Å². The molecule has 132 valence electrons. The Bertz CT molecular complexity index is 1000. The van der Waals surface area contributed by atoms with Gasteiger partial charge < -0.3 is 15.0 Å². The van der Waals surface area contributed by atoms with E-state index < -0.39 is 0 Å². The van der Waals surface area contributed by atoms with Crippen LogP contribution >= 0.6 is 0 Å². The first-order chi connectivity index (χ1) is 12.6. The number of aromatic amines is 1. The average Bonchev–Trinajstić information content (AvgIpc) is 2.97. The van der Waals surface area contributed by atoms with E-state index in [2.05, 4.69) is 28.7 Å². The highest BCUT2D eigenvalue weighted by Crippen LogP contribution is 2.35. The van der Waals surface area contributed by atoms with Crippen LogP contribution in [0.15, 0.2) is 43.0 Å². The molecule has 2 aromatic heterocycles. The van der Waals surface area contributed by atoms with Gasteiger partial charge in [0.1, 0.15) is 5.75 Å². The van der Waals surface area contributed by atoms with Crippen molar-refractivity contribution in [2.75, 3.05) is 13.1 Å². The molecule has 6 heteroatoms. The highest BCUT2D eigenvalue weighted by atomic mass is 16.3. The van der Waals surface area contributed by atoms with Crippen molar-refractivity contribution in [3.05, 3.63) is 54.2 Å². The summed E-state index contributed by atoms with van der Waals surface area (Å²) in [6.45, 7) is 7.02. The largest absolute Gasteiger partial charge is 0.507 e. The first-order valence-corrected chi connectivity index (χ1v) is 8.70. The lowest BCUT2D eigenvalue weighted by atomic mass is 9.92. The summed E-state index contributed by atoms with van der Waals surface area (Å²) in [6.07, 6.45) is 2.21. The van der Waals surface area contributed by atoms with E-state index in [1.165, 1.54) is 11.6 Å². The van der Waals surface area contributed by atoms with Crippen molar-refractivity contribution in [1.29, 1.82) is 0 Å². The number of phenolic OH excluding ortho intramolecular Hbond substituents is 1. The molecule has 0 unspecified atom stereocenters. The Morgan fingerprint density at radius 1 is 1.38 bits per heavy atom. The molecule has 0 radical (unpaired) electrons. The molecule has 26 heavy (non-hydrogen) atoms. The summed E-state index contributed by atoms with van der Waals surface area (Å²) in [5.41, 5.74) is 4.37. The molecule has 1 aliphatic heterocycles. The van der Waals surface area contributed by atoms with Crippen LogP contribution in [0.3, 0.4) is 0 Å². The highest BCUT2D eigenvalue weighted by Gasteiger charge is 2.33. The molecule has 1 fully saturated rings. The molecule has 2 N–H and O–H groups in total. The number of carbonyl (C=O) groups excluding carboxylic acids is 1. The standard InChI is InChI=1S/C20H20N4O2/c1-3-13-15-9-16(14-7-5-6-8-17(14)25)22-23-20(15)21-19(13)12-10-24(11-12)18(26)4-2/h4-9,12,25H,2-3,10-11H2,1H3,(H,21,23). The van der Waals surface area contributed by atoms with Crippen LogP contribution < -0.4 is 0 Å². The van der Waals surface area contributed by atoms with Crippen molar-refractivity contribution in [3.63, 3.8) is 0 Å². The molecule has 0 aliphatic carbocycles. The lowest BCUT2D eigenvalue weighted by Gasteiger charge is -2.38. The van der Waals surface area contributed by atoms with Gasteiger partial charge in [0.2, 0.25) is 5.91 Å². The number of hydrogen-bond acceptors (Lipinski definition) is 4. The quantitative estimate of drug-likeness (QED) is 0.710. The molecule has 6 nitrogen and oxygen atoms in total. The van der Waals surface area contributed by atoms with Crippen LogP contribution in [0.25, 0.3) is 22.3 Å². The maximum Gasteiger partial charge on any atom is 0.245 e. The minimum absolute atomic E-state index is 0.0305. The average molecular weight is 348 g/mol. The van der Waals surface area contributed by atoms with E-state index in [1.807, 2.05) is 18.2 Å². The van der Waals surface area contributed by atoms with Crippen LogP contribution in [0.1, 0.15) is 24.1 Å². The molecule has 1 amide bonds. The number of carbonyl (C=O) groups is 1. The zero-order valence-corrected chi connectivity index (χ0v) is 14.6. The topological polar surface area (TPSA) is 82.1 Å². The van der Waals surface area contributed by atoms with E-state index in [9.17, 15) is 9.90 Å². The Hall–Kier alpha value is -3.15. The summed E-state index contributed by atoms with van der Waals surface area (Å²) in [4.78, 5) is 16.9. The summed E-state index contributed by atoms with van der Waals surface area (Å²) in [7, 11) is 0. The molecule has 0 spiro atoms. The van der Waals surface area contributed by atoms with Crippen LogP contribution in [0.4, 0.5) is 0 Å². The van der Waals surface area contributed by atoms with E-state index in [-0.39, 0.29) is 17.6 Å². The predicted molar refractivity (Wildman–Crippen MR) is 99.9 cm³/mol. The number of nitrogens with zero attached hydrogens (tertiary/aromatic N) is 3. The fourth-order valence-electron chi connectivity index (χ4n) is 3.58. The molecule has 1 aliphatic rings. The number of para-hydroxylation sites is 1. The van der Waals surface area contributed by atoms with Crippen molar-refractivity contribution in [3.8, 4) is 17.0 Å². The number of benzene rings is 1. The Labute approximate surface area is 151 Å². The molecule has 0 atom stereocenters. The fraction of sp³-hybridized carbons (Fsp3) is 0.250. The number of likely N-dealkylation sites (tertiary alicyclic amines) is 1. The van der Waals surface area contributed by atoms with Crippen molar-refractivity contribution < 1.29 is 9.90 Å². The van der Waals surface area contributed by atoms with Gasteiger partial charge in [0.15, 0.2) is 5.65 Å². The summed E-state index contributed by atoms with van der Waals surface area (Å²) in [5.74, 6) is 0.432. The molecule has 0 bridgehead atoms. The minimum atomic E-state index is -0.0305. The van der Waals surface area contributed by atoms with Gasteiger partial charge >= 0.3 is 0 Å². The van der Waals surface area contributed by atoms with Gasteiger partial charge in [-0.2, -0.15) is 0 Å². The zero-order chi connectivity index (χ0) is 18.3. The Morgan fingerprint density at radius 2 is 2.15 bits per heavy atom. The number of phenols is 1. The number of H-pyrrole nitrogens is 1. The third-order valence-electron chi connectivity index (χ3n) is 5.01. The first-order valence-electron chi connectivity index (χ1n) is 8.70. The Balaban J connectivity index is 1.72. The second-order valence-electron chi connectivity index (χ2n) is 6.52. The van der Waals surface area contributed by atoms with Crippen molar-refractivity contribution in [2.24, 2.45) is 0 Å². The van der Waals surface area contributed by atoms with Gasteiger partial charge in [-0.1, -0.05) is 25.6 Å². The molecule has 1 saturated heterocycles. The predicted octanol–water partition coefficient (Wildman–Crippen LogP) is 3.00. The smallest absolute Gasteiger partial charge is 0.245 e. The fourth-order valence-corrected chi connectivity index (χ4v) is 3.58. The minimum Gasteiger partial charge on any atom is -0.507 e. The molecule has 3 heterocycles. The summed E-state index contributed by atoms with van der Waals surface area (Å²) >= 11 is 0. The zero-order valence-electron chi connectivity index (χ0n) is 14.6. The van der Waals surface area contributed by atoms with Gasteiger partial charge in [-0.15, -0.1) is 10.2 Å². The molecular formula is C20H20N4O2. The monoisotopic (exact) mass is 348 g/mol. The summed E-state index contributed by atoms with van der Waals surface area (Å²) < 4.78 is 0. The van der Waals surface area contributed by atoms with E-state index in [1.54, 1.807) is 17.0 Å². The van der Waals surface area contributed by atoms with Crippen LogP contribution in [0.5, 0.6) is 5.75 Å². The second kappa shape index (κ2) is 6.29. The number of hydrogen-bond donors (Lipinski definition) is 2. The maximum absolute atomic E-state index is 11.7. The van der Waals surface area contributed by atoms with E-state index in [0.717, 1.165) is 23.1 Å². The molecular weight excluding hydrogens is 328 g/mol. The van der Waals surface area contributed by atoms with Crippen molar-refractivity contribution >= 4 is 16.9 Å². The van der Waals surface area contributed by atoms with Gasteiger partial charge in [-0.3, -0.25) is 4.79 Å². The number of aromatic hydroxyl groups is 1. The second-order valence-corrected chi connectivity index (χ2v) is 6.52. The summed E-state index contributed by atoms with van der Waals surface area (Å²) in [5, 5.41) is 19.7. The van der Waals surface area contributed by atoms with Gasteiger partial charge in [0.05, 0.1) is 5.69 Å². The first kappa shape index (κ1) is 16.3. The highest BCUT2D eigenvalue weighted by molar-refractivity contribution is 5.88. The van der Waals surface area contributed by atoms with E-state index in [4.69, 9.17) is 0 Å². The van der Waals surface area contributed by atoms with Crippen LogP contribution in [-0.4, -0.2) is 44.2 Å². The number of nitrogens with one attached hydrogen (secondary N) is 1. The molecule has 1 aromatic carbocycles. The van der Waals surface area contributed by atoms with Gasteiger partial charge in [0.25, 0.3) is 0 Å². The van der Waals surface area contributed by atoms with Crippen LogP contribution in [0, 0.1) is 0 Å². The number of aryl methyl sites for hydroxylation is 1.